The van der Waals surface area contributed by atoms with Crippen LogP contribution in [0.5, 0.6) is 0 Å². The number of amides is 1. The SMILES string of the molecule is CCCC1CCN(C(=O)c2cc(Br)c(Br)s2)CC1. The summed E-state index contributed by atoms with van der Waals surface area (Å²) in [4.78, 5) is 15.1. The summed E-state index contributed by atoms with van der Waals surface area (Å²) in [7, 11) is 0. The predicted octanol–water partition coefficient (Wildman–Crippen LogP) is 4.93. The van der Waals surface area contributed by atoms with Crippen molar-refractivity contribution in [2.75, 3.05) is 13.1 Å². The Morgan fingerprint density at radius 3 is 2.61 bits per heavy atom. The molecule has 1 aromatic rings. The van der Waals surface area contributed by atoms with Gasteiger partial charge in [0, 0.05) is 17.6 Å². The molecule has 2 heterocycles. The molecule has 5 heteroatoms. The number of likely N-dealkylation sites (tertiary alicyclic amines) is 1. The van der Waals surface area contributed by atoms with E-state index in [0.717, 1.165) is 45.0 Å². The monoisotopic (exact) mass is 393 g/mol. The number of nitrogens with zero attached hydrogens (tertiary/aromatic N) is 1. The van der Waals surface area contributed by atoms with Crippen LogP contribution in [0.25, 0.3) is 0 Å². The summed E-state index contributed by atoms with van der Waals surface area (Å²) >= 11 is 8.38. The zero-order valence-electron chi connectivity index (χ0n) is 10.4. The van der Waals surface area contributed by atoms with E-state index in [4.69, 9.17) is 0 Å². The van der Waals surface area contributed by atoms with Crippen molar-refractivity contribution in [2.24, 2.45) is 5.92 Å². The summed E-state index contributed by atoms with van der Waals surface area (Å²) in [5.74, 6) is 1.00. The number of halogens is 2. The lowest BCUT2D eigenvalue weighted by Crippen LogP contribution is -2.38. The fourth-order valence-electron chi connectivity index (χ4n) is 2.44. The van der Waals surface area contributed by atoms with Crippen LogP contribution in [0.1, 0.15) is 42.3 Å². The predicted molar refractivity (Wildman–Crippen MR) is 83.3 cm³/mol. The molecule has 18 heavy (non-hydrogen) atoms. The molecule has 0 spiro atoms. The molecule has 0 atom stereocenters. The van der Waals surface area contributed by atoms with E-state index in [1.54, 1.807) is 0 Å². The molecule has 1 fully saturated rings. The van der Waals surface area contributed by atoms with Crippen LogP contribution in [-0.2, 0) is 0 Å². The number of hydrogen-bond donors (Lipinski definition) is 0. The van der Waals surface area contributed by atoms with Gasteiger partial charge in [-0.05, 0) is 56.7 Å². The summed E-state index contributed by atoms with van der Waals surface area (Å²) in [5, 5.41) is 0. The molecule has 0 bridgehead atoms. The minimum absolute atomic E-state index is 0.182. The third kappa shape index (κ3) is 3.36. The third-order valence-corrected chi connectivity index (χ3v) is 6.70. The van der Waals surface area contributed by atoms with E-state index >= 15 is 0 Å². The molecule has 1 amide bonds. The maximum atomic E-state index is 12.3. The number of carbonyl (C=O) groups excluding carboxylic acids is 1. The molecule has 1 aliphatic rings. The number of hydrogen-bond acceptors (Lipinski definition) is 2. The molecule has 100 valence electrons. The summed E-state index contributed by atoms with van der Waals surface area (Å²) in [6.45, 7) is 4.06. The first-order valence-electron chi connectivity index (χ1n) is 6.36. The van der Waals surface area contributed by atoms with E-state index in [9.17, 15) is 4.79 Å². The van der Waals surface area contributed by atoms with E-state index in [1.165, 1.54) is 24.2 Å². The minimum Gasteiger partial charge on any atom is -0.338 e. The number of piperidine rings is 1. The van der Waals surface area contributed by atoms with Gasteiger partial charge in [-0.3, -0.25) is 4.79 Å². The van der Waals surface area contributed by atoms with Gasteiger partial charge in [0.1, 0.15) is 0 Å². The van der Waals surface area contributed by atoms with Gasteiger partial charge in [-0.1, -0.05) is 19.8 Å². The van der Waals surface area contributed by atoms with Gasteiger partial charge in [-0.25, -0.2) is 0 Å². The largest absolute Gasteiger partial charge is 0.338 e. The lowest BCUT2D eigenvalue weighted by atomic mass is 9.92. The van der Waals surface area contributed by atoms with Crippen molar-refractivity contribution >= 4 is 49.1 Å². The summed E-state index contributed by atoms with van der Waals surface area (Å²) in [6.07, 6.45) is 4.88. The topological polar surface area (TPSA) is 20.3 Å². The Morgan fingerprint density at radius 1 is 1.44 bits per heavy atom. The second-order valence-corrected chi connectivity index (χ2v) is 7.98. The molecule has 1 aromatic heterocycles. The molecule has 0 aliphatic carbocycles. The summed E-state index contributed by atoms with van der Waals surface area (Å²) in [5.41, 5.74) is 0. The fourth-order valence-corrected chi connectivity index (χ4v) is 4.44. The third-order valence-electron chi connectivity index (χ3n) is 3.45. The van der Waals surface area contributed by atoms with E-state index in [-0.39, 0.29) is 5.91 Å². The van der Waals surface area contributed by atoms with Gasteiger partial charge in [-0.2, -0.15) is 0 Å². The normalized spacial score (nSPS) is 17.2. The molecule has 0 aromatic carbocycles. The number of rotatable bonds is 3. The molecule has 0 unspecified atom stereocenters. The quantitative estimate of drug-likeness (QED) is 0.711. The lowest BCUT2D eigenvalue weighted by Gasteiger charge is -2.31. The summed E-state index contributed by atoms with van der Waals surface area (Å²) in [6, 6.07) is 1.91. The second-order valence-electron chi connectivity index (χ2n) is 4.76. The Bertz CT molecular complexity index is 405. The highest BCUT2D eigenvalue weighted by molar-refractivity contribution is 9.13. The fraction of sp³-hybridized carbons (Fsp3) is 0.615. The van der Waals surface area contributed by atoms with Gasteiger partial charge in [0.25, 0.3) is 5.91 Å². The minimum atomic E-state index is 0.182. The Hall–Kier alpha value is 0.130. The zero-order valence-corrected chi connectivity index (χ0v) is 14.4. The highest BCUT2D eigenvalue weighted by Crippen LogP contribution is 2.33. The molecule has 2 rings (SSSR count). The molecule has 0 saturated carbocycles. The summed E-state index contributed by atoms with van der Waals surface area (Å²) < 4.78 is 1.96. The molecule has 0 N–H and O–H groups in total. The van der Waals surface area contributed by atoms with Crippen molar-refractivity contribution in [1.82, 2.24) is 4.90 Å². The van der Waals surface area contributed by atoms with E-state index in [2.05, 4.69) is 38.8 Å². The Morgan fingerprint density at radius 2 is 2.11 bits per heavy atom. The second kappa shape index (κ2) is 6.53. The van der Waals surface area contributed by atoms with Crippen molar-refractivity contribution < 1.29 is 4.79 Å². The van der Waals surface area contributed by atoms with Crippen molar-refractivity contribution in [2.45, 2.75) is 32.6 Å². The van der Waals surface area contributed by atoms with Gasteiger partial charge in [-0.15, -0.1) is 11.3 Å². The van der Waals surface area contributed by atoms with Gasteiger partial charge in [0.05, 0.1) is 8.66 Å². The Labute approximate surface area is 129 Å². The van der Waals surface area contributed by atoms with E-state index in [1.807, 2.05) is 11.0 Å². The van der Waals surface area contributed by atoms with Crippen LogP contribution in [0.3, 0.4) is 0 Å². The van der Waals surface area contributed by atoms with E-state index < -0.39 is 0 Å². The zero-order chi connectivity index (χ0) is 13.1. The molecule has 1 saturated heterocycles. The van der Waals surface area contributed by atoms with Crippen molar-refractivity contribution in [3.05, 3.63) is 19.2 Å². The number of carbonyl (C=O) groups is 1. The molecule has 0 radical (unpaired) electrons. The van der Waals surface area contributed by atoms with Crippen LogP contribution in [0, 0.1) is 5.92 Å². The van der Waals surface area contributed by atoms with Crippen LogP contribution in [0.15, 0.2) is 14.3 Å². The van der Waals surface area contributed by atoms with Crippen LogP contribution in [0.2, 0.25) is 0 Å². The molecule has 2 nitrogen and oxygen atoms in total. The van der Waals surface area contributed by atoms with Crippen molar-refractivity contribution in [3.63, 3.8) is 0 Å². The average molecular weight is 395 g/mol. The Kier molecular flexibility index (Phi) is 5.27. The van der Waals surface area contributed by atoms with Gasteiger partial charge in [0.15, 0.2) is 0 Å². The van der Waals surface area contributed by atoms with E-state index in [0.29, 0.717) is 0 Å². The van der Waals surface area contributed by atoms with Gasteiger partial charge in [0.2, 0.25) is 0 Å². The standard InChI is InChI=1S/C13H17Br2NOS/c1-2-3-9-4-6-16(7-5-9)13(17)11-8-10(14)12(15)18-11/h8-9H,2-7H2,1H3. The van der Waals surface area contributed by atoms with Gasteiger partial charge >= 0.3 is 0 Å². The highest BCUT2D eigenvalue weighted by atomic mass is 79.9. The smallest absolute Gasteiger partial charge is 0.264 e. The maximum Gasteiger partial charge on any atom is 0.264 e. The van der Waals surface area contributed by atoms with Crippen molar-refractivity contribution in [1.29, 1.82) is 0 Å². The first kappa shape index (κ1) is 14.5. The molecular weight excluding hydrogens is 378 g/mol. The first-order valence-corrected chi connectivity index (χ1v) is 8.76. The maximum absolute atomic E-state index is 12.3. The first-order chi connectivity index (χ1) is 8.61. The van der Waals surface area contributed by atoms with Crippen LogP contribution < -0.4 is 0 Å². The van der Waals surface area contributed by atoms with Crippen LogP contribution >= 0.6 is 43.2 Å². The number of thiophene rings is 1. The average Bonchev–Trinajstić information content (AvgIpc) is 2.70. The van der Waals surface area contributed by atoms with Crippen molar-refractivity contribution in [3.8, 4) is 0 Å². The van der Waals surface area contributed by atoms with Gasteiger partial charge < -0.3 is 4.90 Å². The van der Waals surface area contributed by atoms with Crippen LogP contribution in [-0.4, -0.2) is 23.9 Å². The molecular formula is C13H17Br2NOS. The Balaban J connectivity index is 1.95. The molecule has 1 aliphatic heterocycles. The highest BCUT2D eigenvalue weighted by Gasteiger charge is 2.24. The van der Waals surface area contributed by atoms with Crippen LogP contribution in [0.4, 0.5) is 0 Å². The lowest BCUT2D eigenvalue weighted by molar-refractivity contribution is 0.0691.